The first-order valence-electron chi connectivity index (χ1n) is 9.37. The maximum atomic E-state index is 12.8. The van der Waals surface area contributed by atoms with E-state index in [1.807, 2.05) is 0 Å². The van der Waals surface area contributed by atoms with Gasteiger partial charge in [-0.15, -0.1) is 0 Å². The second kappa shape index (κ2) is 9.41. The van der Waals surface area contributed by atoms with Gasteiger partial charge < -0.3 is 10.1 Å². The van der Waals surface area contributed by atoms with Crippen molar-refractivity contribution in [1.29, 1.82) is 0 Å². The molecular weight excluding hydrogens is 445 g/mol. The highest BCUT2D eigenvalue weighted by molar-refractivity contribution is 7.89. The molecule has 3 aromatic carbocycles. The molecule has 0 heterocycles. The monoisotopic (exact) mass is 464 g/mol. The average molecular weight is 464 g/mol. The SMILES string of the molecule is NS(=O)(=O)c1ccc(CCNC(=O)c2cccc(Oc3cccc(C(F)(F)F)c3)c2)cc1. The first kappa shape index (κ1) is 23.3. The van der Waals surface area contributed by atoms with Crippen LogP contribution in [0.1, 0.15) is 21.5 Å². The van der Waals surface area contributed by atoms with E-state index in [9.17, 15) is 26.4 Å². The molecule has 0 aliphatic heterocycles. The molecule has 0 spiro atoms. The lowest BCUT2D eigenvalue weighted by Crippen LogP contribution is -2.25. The number of carbonyl (C=O) groups excluding carboxylic acids is 1. The second-order valence-corrected chi connectivity index (χ2v) is 8.41. The lowest BCUT2D eigenvalue weighted by Gasteiger charge is -2.11. The smallest absolute Gasteiger partial charge is 0.416 e. The van der Waals surface area contributed by atoms with Crippen LogP contribution in [-0.2, 0) is 22.6 Å². The van der Waals surface area contributed by atoms with Crippen molar-refractivity contribution in [1.82, 2.24) is 5.32 Å². The predicted molar refractivity (Wildman–Crippen MR) is 112 cm³/mol. The van der Waals surface area contributed by atoms with Crippen molar-refractivity contribution >= 4 is 15.9 Å². The minimum atomic E-state index is -4.49. The summed E-state index contributed by atoms with van der Waals surface area (Å²) in [4.78, 5) is 12.4. The van der Waals surface area contributed by atoms with Gasteiger partial charge in [0.25, 0.3) is 5.91 Å². The zero-order chi connectivity index (χ0) is 23.4. The van der Waals surface area contributed by atoms with Gasteiger partial charge in [0, 0.05) is 12.1 Å². The van der Waals surface area contributed by atoms with E-state index in [-0.39, 0.29) is 34.4 Å². The highest BCUT2D eigenvalue weighted by Crippen LogP contribution is 2.32. The highest BCUT2D eigenvalue weighted by Gasteiger charge is 2.30. The molecule has 10 heteroatoms. The van der Waals surface area contributed by atoms with Gasteiger partial charge in [-0.1, -0.05) is 24.3 Å². The summed E-state index contributed by atoms with van der Waals surface area (Å²) in [6.07, 6.45) is -4.03. The number of hydrogen-bond acceptors (Lipinski definition) is 4. The molecule has 3 rings (SSSR count). The van der Waals surface area contributed by atoms with E-state index in [4.69, 9.17) is 9.88 Å². The molecule has 0 saturated heterocycles. The van der Waals surface area contributed by atoms with Crippen LogP contribution in [0.15, 0.2) is 77.7 Å². The van der Waals surface area contributed by atoms with Gasteiger partial charge in [-0.05, 0) is 60.5 Å². The van der Waals surface area contributed by atoms with E-state index in [0.29, 0.717) is 6.42 Å². The van der Waals surface area contributed by atoms with Crippen molar-refractivity contribution in [2.75, 3.05) is 6.54 Å². The minimum absolute atomic E-state index is 0.000300. The number of benzene rings is 3. The molecular formula is C22H19F3N2O4S. The Hall–Kier alpha value is -3.37. The standard InChI is InChI=1S/C22H19F3N2O4S/c23-22(24,25)17-4-2-6-19(14-17)31-18-5-1-3-16(13-18)21(28)27-12-11-15-7-9-20(10-8-15)32(26,29)30/h1-10,13-14H,11-12H2,(H,27,28)(H2,26,29,30). The molecule has 0 fully saturated rings. The summed E-state index contributed by atoms with van der Waals surface area (Å²) in [6, 6.07) is 16.5. The number of rotatable bonds is 7. The Balaban J connectivity index is 1.59. The van der Waals surface area contributed by atoms with Crippen LogP contribution in [0, 0.1) is 0 Å². The van der Waals surface area contributed by atoms with Crippen LogP contribution >= 0.6 is 0 Å². The molecule has 0 aliphatic carbocycles. The molecule has 0 radical (unpaired) electrons. The third-order valence-corrected chi connectivity index (χ3v) is 5.37. The van der Waals surface area contributed by atoms with Gasteiger partial charge in [-0.25, -0.2) is 13.6 Å². The Morgan fingerprint density at radius 1 is 0.938 bits per heavy atom. The molecule has 0 aromatic heterocycles. The van der Waals surface area contributed by atoms with Crippen molar-refractivity contribution < 1.29 is 31.1 Å². The van der Waals surface area contributed by atoms with Crippen LogP contribution in [-0.4, -0.2) is 20.9 Å². The minimum Gasteiger partial charge on any atom is -0.457 e. The first-order chi connectivity index (χ1) is 15.0. The molecule has 3 aromatic rings. The van der Waals surface area contributed by atoms with E-state index in [2.05, 4.69) is 5.32 Å². The molecule has 0 aliphatic rings. The van der Waals surface area contributed by atoms with E-state index in [0.717, 1.165) is 17.7 Å². The van der Waals surface area contributed by atoms with Crippen LogP contribution in [0.25, 0.3) is 0 Å². The lowest BCUT2D eigenvalue weighted by atomic mass is 10.1. The van der Waals surface area contributed by atoms with Crippen LogP contribution in [0.2, 0.25) is 0 Å². The summed E-state index contributed by atoms with van der Waals surface area (Å²) in [5.74, 6) is -0.170. The third-order valence-electron chi connectivity index (χ3n) is 4.44. The van der Waals surface area contributed by atoms with Crippen molar-refractivity contribution in [3.05, 3.63) is 89.5 Å². The molecule has 168 valence electrons. The third kappa shape index (κ3) is 6.32. The number of alkyl halides is 3. The van der Waals surface area contributed by atoms with E-state index in [1.165, 1.54) is 36.4 Å². The Bertz CT molecular complexity index is 1210. The van der Waals surface area contributed by atoms with E-state index >= 15 is 0 Å². The molecule has 0 unspecified atom stereocenters. The summed E-state index contributed by atoms with van der Waals surface area (Å²) in [5, 5.41) is 7.78. The number of halogens is 3. The quantitative estimate of drug-likeness (QED) is 0.550. The molecule has 0 atom stereocenters. The summed E-state index contributed by atoms with van der Waals surface area (Å²) in [5.41, 5.74) is 0.249. The Kier molecular flexibility index (Phi) is 6.85. The fourth-order valence-electron chi connectivity index (χ4n) is 2.84. The summed E-state index contributed by atoms with van der Waals surface area (Å²) in [7, 11) is -3.76. The molecule has 0 bridgehead atoms. The van der Waals surface area contributed by atoms with Gasteiger partial charge in [-0.2, -0.15) is 13.2 Å². The normalized spacial score (nSPS) is 11.8. The van der Waals surface area contributed by atoms with Gasteiger partial charge >= 0.3 is 6.18 Å². The van der Waals surface area contributed by atoms with Crippen molar-refractivity contribution in [2.24, 2.45) is 5.14 Å². The number of primary sulfonamides is 1. The van der Waals surface area contributed by atoms with Crippen molar-refractivity contribution in [3.8, 4) is 11.5 Å². The average Bonchev–Trinajstić information content (AvgIpc) is 2.73. The number of nitrogens with one attached hydrogen (secondary N) is 1. The van der Waals surface area contributed by atoms with Gasteiger partial charge in [0.2, 0.25) is 10.0 Å². The van der Waals surface area contributed by atoms with Crippen LogP contribution in [0.3, 0.4) is 0 Å². The fourth-order valence-corrected chi connectivity index (χ4v) is 3.36. The lowest BCUT2D eigenvalue weighted by molar-refractivity contribution is -0.137. The Morgan fingerprint density at radius 3 is 2.19 bits per heavy atom. The molecule has 0 saturated carbocycles. The highest BCUT2D eigenvalue weighted by atomic mass is 32.2. The summed E-state index contributed by atoms with van der Waals surface area (Å²) in [6.45, 7) is 0.284. The van der Waals surface area contributed by atoms with Gasteiger partial charge in [0.15, 0.2) is 0 Å². The zero-order valence-electron chi connectivity index (χ0n) is 16.6. The summed E-state index contributed by atoms with van der Waals surface area (Å²) >= 11 is 0. The van der Waals surface area contributed by atoms with Gasteiger partial charge in [0.1, 0.15) is 11.5 Å². The Morgan fingerprint density at radius 2 is 1.56 bits per heavy atom. The number of amides is 1. The number of hydrogen-bond donors (Lipinski definition) is 2. The molecule has 32 heavy (non-hydrogen) atoms. The number of nitrogens with two attached hydrogens (primary N) is 1. The molecule has 1 amide bonds. The topological polar surface area (TPSA) is 98.5 Å². The van der Waals surface area contributed by atoms with E-state index in [1.54, 1.807) is 24.3 Å². The predicted octanol–water partition coefficient (Wildman–Crippen LogP) is 4.12. The Labute approximate surface area is 182 Å². The van der Waals surface area contributed by atoms with Crippen LogP contribution in [0.4, 0.5) is 13.2 Å². The maximum Gasteiger partial charge on any atom is 0.416 e. The molecule has 6 nitrogen and oxygen atoms in total. The first-order valence-corrected chi connectivity index (χ1v) is 10.9. The second-order valence-electron chi connectivity index (χ2n) is 6.85. The molecule has 3 N–H and O–H groups in total. The zero-order valence-corrected chi connectivity index (χ0v) is 17.4. The van der Waals surface area contributed by atoms with Gasteiger partial charge in [0.05, 0.1) is 10.5 Å². The summed E-state index contributed by atoms with van der Waals surface area (Å²) < 4.78 is 66.6. The maximum absolute atomic E-state index is 12.8. The number of carbonyl (C=O) groups is 1. The largest absolute Gasteiger partial charge is 0.457 e. The van der Waals surface area contributed by atoms with Crippen LogP contribution < -0.4 is 15.2 Å². The van der Waals surface area contributed by atoms with E-state index < -0.39 is 21.8 Å². The fraction of sp³-hybridized carbons (Fsp3) is 0.136. The van der Waals surface area contributed by atoms with Crippen molar-refractivity contribution in [2.45, 2.75) is 17.5 Å². The van der Waals surface area contributed by atoms with Gasteiger partial charge in [-0.3, -0.25) is 4.79 Å². The van der Waals surface area contributed by atoms with Crippen LogP contribution in [0.5, 0.6) is 11.5 Å². The van der Waals surface area contributed by atoms with Crippen molar-refractivity contribution in [3.63, 3.8) is 0 Å². The number of sulfonamides is 1. The number of ether oxygens (including phenoxy) is 1.